The Morgan fingerprint density at radius 2 is 2.12 bits per heavy atom. The largest absolute Gasteiger partial charge is 0.476 e. The van der Waals surface area contributed by atoms with Crippen molar-refractivity contribution in [3.05, 3.63) is 48.3 Å². The third-order valence-electron chi connectivity index (χ3n) is 2.46. The van der Waals surface area contributed by atoms with E-state index in [0.29, 0.717) is 0 Å². The molecule has 0 aliphatic carbocycles. The van der Waals surface area contributed by atoms with E-state index in [0.717, 1.165) is 5.56 Å². The molecule has 0 saturated carbocycles. The first-order valence-corrected chi connectivity index (χ1v) is 4.85. The van der Waals surface area contributed by atoms with Crippen LogP contribution in [0.1, 0.15) is 29.0 Å². The molecule has 2 heterocycles. The van der Waals surface area contributed by atoms with Gasteiger partial charge in [0, 0.05) is 18.6 Å². The lowest BCUT2D eigenvalue weighted by Gasteiger charge is -2.12. The number of carbonyl (C=O) groups is 1. The zero-order chi connectivity index (χ0) is 11.5. The molecular formula is C11H11N3O2. The molecule has 1 atom stereocenters. The van der Waals surface area contributed by atoms with Gasteiger partial charge in [-0.15, -0.1) is 0 Å². The maximum absolute atomic E-state index is 10.7. The van der Waals surface area contributed by atoms with Gasteiger partial charge < -0.3 is 9.67 Å². The summed E-state index contributed by atoms with van der Waals surface area (Å²) in [4.78, 5) is 18.4. The number of hydrogen-bond acceptors (Lipinski definition) is 3. The van der Waals surface area contributed by atoms with Crippen molar-refractivity contribution in [2.24, 2.45) is 0 Å². The average molecular weight is 217 g/mol. The lowest BCUT2D eigenvalue weighted by molar-refractivity contribution is 0.0691. The van der Waals surface area contributed by atoms with Crippen LogP contribution in [-0.2, 0) is 0 Å². The number of aromatic carboxylic acids is 1. The Labute approximate surface area is 92.4 Å². The number of carboxylic acids is 1. The first-order valence-electron chi connectivity index (χ1n) is 4.85. The standard InChI is InChI=1S/C11H11N3O2/c1-8(9-2-4-12-5-3-9)14-6-10(11(15)16)13-7-14/h2-8H,1H3,(H,15,16). The summed E-state index contributed by atoms with van der Waals surface area (Å²) >= 11 is 0. The smallest absolute Gasteiger partial charge is 0.356 e. The summed E-state index contributed by atoms with van der Waals surface area (Å²) in [5.41, 5.74) is 1.12. The number of pyridine rings is 1. The summed E-state index contributed by atoms with van der Waals surface area (Å²) in [5.74, 6) is -1.01. The summed E-state index contributed by atoms with van der Waals surface area (Å²) in [6.07, 6.45) is 6.46. The van der Waals surface area contributed by atoms with E-state index in [-0.39, 0.29) is 11.7 Å². The maximum Gasteiger partial charge on any atom is 0.356 e. The first kappa shape index (κ1) is 10.4. The van der Waals surface area contributed by atoms with Gasteiger partial charge in [-0.05, 0) is 24.6 Å². The van der Waals surface area contributed by atoms with Gasteiger partial charge >= 0.3 is 5.97 Å². The second-order valence-corrected chi connectivity index (χ2v) is 3.47. The molecule has 2 aromatic heterocycles. The van der Waals surface area contributed by atoms with Crippen LogP contribution < -0.4 is 0 Å². The van der Waals surface area contributed by atoms with E-state index in [1.807, 2.05) is 19.1 Å². The third-order valence-corrected chi connectivity index (χ3v) is 2.46. The van der Waals surface area contributed by atoms with Crippen LogP contribution in [0.25, 0.3) is 0 Å². The lowest BCUT2D eigenvalue weighted by atomic mass is 10.1. The zero-order valence-corrected chi connectivity index (χ0v) is 8.74. The number of imidazole rings is 1. The van der Waals surface area contributed by atoms with E-state index in [4.69, 9.17) is 5.11 Å². The summed E-state index contributed by atoms with van der Waals surface area (Å²) in [7, 11) is 0. The second kappa shape index (κ2) is 4.14. The summed E-state index contributed by atoms with van der Waals surface area (Å²) in [6, 6.07) is 3.83. The van der Waals surface area contributed by atoms with Crippen LogP contribution in [0.5, 0.6) is 0 Å². The van der Waals surface area contributed by atoms with Crippen LogP contribution in [0, 0.1) is 0 Å². The normalized spacial score (nSPS) is 12.3. The van der Waals surface area contributed by atoms with E-state index in [2.05, 4.69) is 9.97 Å². The minimum atomic E-state index is -1.01. The molecule has 0 aliphatic rings. The number of aromatic nitrogens is 3. The highest BCUT2D eigenvalue weighted by molar-refractivity contribution is 5.84. The van der Waals surface area contributed by atoms with Gasteiger partial charge in [0.2, 0.25) is 0 Å². The fourth-order valence-electron chi connectivity index (χ4n) is 1.47. The molecule has 2 aromatic rings. The molecule has 0 amide bonds. The van der Waals surface area contributed by atoms with Gasteiger partial charge in [0.1, 0.15) is 0 Å². The Balaban J connectivity index is 2.27. The molecule has 0 bridgehead atoms. The van der Waals surface area contributed by atoms with Gasteiger partial charge in [-0.25, -0.2) is 9.78 Å². The molecular weight excluding hydrogens is 206 g/mol. The highest BCUT2D eigenvalue weighted by Crippen LogP contribution is 2.16. The van der Waals surface area contributed by atoms with Crippen LogP contribution >= 0.6 is 0 Å². The van der Waals surface area contributed by atoms with Gasteiger partial charge in [-0.2, -0.15) is 0 Å². The fraction of sp³-hybridized carbons (Fsp3) is 0.182. The van der Waals surface area contributed by atoms with Gasteiger partial charge in [-0.3, -0.25) is 4.98 Å². The molecule has 0 spiro atoms. The fourth-order valence-corrected chi connectivity index (χ4v) is 1.47. The van der Waals surface area contributed by atoms with Crippen LogP contribution in [0.15, 0.2) is 37.1 Å². The van der Waals surface area contributed by atoms with Gasteiger partial charge in [-0.1, -0.05) is 0 Å². The van der Waals surface area contributed by atoms with E-state index in [9.17, 15) is 4.79 Å². The molecule has 2 rings (SSSR count). The number of carboxylic acid groups (broad SMARTS) is 1. The van der Waals surface area contributed by atoms with Gasteiger partial charge in [0.25, 0.3) is 0 Å². The Bertz CT molecular complexity index is 493. The molecule has 5 heteroatoms. The van der Waals surface area contributed by atoms with Crippen molar-refractivity contribution in [2.45, 2.75) is 13.0 Å². The van der Waals surface area contributed by atoms with E-state index in [1.165, 1.54) is 12.5 Å². The minimum Gasteiger partial charge on any atom is -0.476 e. The molecule has 16 heavy (non-hydrogen) atoms. The third kappa shape index (κ3) is 1.93. The maximum atomic E-state index is 10.7. The van der Waals surface area contributed by atoms with Crippen LogP contribution in [0.2, 0.25) is 0 Å². The van der Waals surface area contributed by atoms with E-state index >= 15 is 0 Å². The van der Waals surface area contributed by atoms with Crippen LogP contribution in [-0.4, -0.2) is 25.6 Å². The molecule has 5 nitrogen and oxygen atoms in total. The monoisotopic (exact) mass is 217 g/mol. The highest BCUT2D eigenvalue weighted by Gasteiger charge is 2.11. The molecule has 0 radical (unpaired) electrons. The Kier molecular flexibility index (Phi) is 2.68. The topological polar surface area (TPSA) is 68.0 Å². The summed E-state index contributed by atoms with van der Waals surface area (Å²) < 4.78 is 1.76. The molecule has 0 aliphatic heterocycles. The van der Waals surface area contributed by atoms with Crippen molar-refractivity contribution < 1.29 is 9.90 Å². The molecule has 1 unspecified atom stereocenters. The Morgan fingerprint density at radius 1 is 1.44 bits per heavy atom. The predicted molar refractivity (Wildman–Crippen MR) is 57.2 cm³/mol. The molecule has 0 aromatic carbocycles. The van der Waals surface area contributed by atoms with Crippen LogP contribution in [0.4, 0.5) is 0 Å². The van der Waals surface area contributed by atoms with E-state index < -0.39 is 5.97 Å². The SMILES string of the molecule is CC(c1ccncc1)n1cnc(C(=O)O)c1. The summed E-state index contributed by atoms with van der Waals surface area (Å²) in [6.45, 7) is 1.97. The molecule has 82 valence electrons. The molecule has 1 N–H and O–H groups in total. The number of hydrogen-bond donors (Lipinski definition) is 1. The Morgan fingerprint density at radius 3 is 2.69 bits per heavy atom. The highest BCUT2D eigenvalue weighted by atomic mass is 16.4. The Hall–Kier alpha value is -2.17. The second-order valence-electron chi connectivity index (χ2n) is 3.47. The van der Waals surface area contributed by atoms with Crippen molar-refractivity contribution >= 4 is 5.97 Å². The van der Waals surface area contributed by atoms with Crippen molar-refractivity contribution in [1.82, 2.24) is 14.5 Å². The van der Waals surface area contributed by atoms with Crippen molar-refractivity contribution in [3.8, 4) is 0 Å². The van der Waals surface area contributed by atoms with Crippen molar-refractivity contribution in [1.29, 1.82) is 0 Å². The predicted octanol–water partition coefficient (Wildman–Crippen LogP) is 1.59. The van der Waals surface area contributed by atoms with Crippen LogP contribution in [0.3, 0.4) is 0 Å². The van der Waals surface area contributed by atoms with Crippen molar-refractivity contribution in [3.63, 3.8) is 0 Å². The molecule has 0 fully saturated rings. The first-order chi connectivity index (χ1) is 7.68. The lowest BCUT2D eigenvalue weighted by Crippen LogP contribution is -2.04. The molecule has 0 saturated heterocycles. The van der Waals surface area contributed by atoms with Crippen molar-refractivity contribution in [2.75, 3.05) is 0 Å². The number of nitrogens with zero attached hydrogens (tertiary/aromatic N) is 3. The quantitative estimate of drug-likeness (QED) is 0.847. The minimum absolute atomic E-state index is 0.0450. The average Bonchev–Trinajstić information content (AvgIpc) is 2.78. The number of rotatable bonds is 3. The van der Waals surface area contributed by atoms with Gasteiger partial charge in [0.15, 0.2) is 5.69 Å². The zero-order valence-electron chi connectivity index (χ0n) is 8.74. The summed E-state index contributed by atoms with van der Waals surface area (Å²) in [5, 5.41) is 8.76. The van der Waals surface area contributed by atoms with Gasteiger partial charge in [0.05, 0.1) is 12.4 Å². The van der Waals surface area contributed by atoms with E-state index in [1.54, 1.807) is 17.0 Å².